The molecule has 1 unspecified atom stereocenters. The first-order valence-electron chi connectivity index (χ1n) is 11.7. The fraction of sp³-hybridized carbons (Fsp3) is 0.308. The van der Waals surface area contributed by atoms with Gasteiger partial charge in [-0.15, -0.1) is 0 Å². The van der Waals surface area contributed by atoms with Gasteiger partial charge in [0.25, 0.3) is 0 Å². The monoisotopic (exact) mass is 536 g/mol. The Kier molecular flexibility index (Phi) is 8.31. The van der Waals surface area contributed by atoms with E-state index < -0.39 is 0 Å². The molecular weight excluding hydrogens is 508 g/mol. The number of nitrogen functional groups attached to an aromatic ring is 1. The lowest BCUT2D eigenvalue weighted by Crippen LogP contribution is -2.39. The molecule has 0 spiro atoms. The number of carbonyl (C=O) groups is 1. The maximum Gasteiger partial charge on any atom is 0.226 e. The average molecular weight is 537 g/mol. The van der Waals surface area contributed by atoms with Crippen molar-refractivity contribution in [3.8, 4) is 22.8 Å². The maximum atomic E-state index is 11.6. The normalized spacial score (nSPS) is 14.2. The Labute approximate surface area is 213 Å². The number of ether oxygens (including phenoxy) is 1. The molecule has 4 aromatic rings. The van der Waals surface area contributed by atoms with Gasteiger partial charge in [0.15, 0.2) is 5.65 Å². The van der Waals surface area contributed by atoms with Crippen LogP contribution in [0.3, 0.4) is 0 Å². The van der Waals surface area contributed by atoms with Crippen LogP contribution in [0.4, 0.5) is 5.82 Å². The first kappa shape index (κ1) is 24.7. The Morgan fingerprint density at radius 2 is 1.74 bits per heavy atom. The standard InChI is InChI=1S/C17H13N5O.C9H16BrNO/c18-16-14-15(21-22-17(14)20-10-19-16)11-6-8-13(9-7-11)23-12-4-2-1-3-5-12;1-8(7-10)9(12)11-5-3-2-4-6-11/h1-10H,(H3,18,19,20,21,22);8H,2-7H2,1H3. The third-order valence-electron chi connectivity index (χ3n) is 5.82. The Hall–Kier alpha value is -3.46. The van der Waals surface area contributed by atoms with E-state index in [0.717, 1.165) is 46.6 Å². The zero-order valence-corrected chi connectivity index (χ0v) is 21.2. The summed E-state index contributed by atoms with van der Waals surface area (Å²) in [5.74, 6) is 2.41. The number of aromatic amines is 1. The van der Waals surface area contributed by atoms with Crippen molar-refractivity contribution < 1.29 is 9.53 Å². The number of para-hydroxylation sites is 1. The van der Waals surface area contributed by atoms with Crippen LogP contribution in [-0.4, -0.2) is 49.4 Å². The van der Waals surface area contributed by atoms with Crippen molar-refractivity contribution >= 4 is 38.7 Å². The van der Waals surface area contributed by atoms with Crippen molar-refractivity contribution in [1.82, 2.24) is 25.1 Å². The molecule has 8 nitrogen and oxygen atoms in total. The third kappa shape index (κ3) is 6.16. The number of anilines is 1. The first-order chi connectivity index (χ1) is 17.1. The lowest BCUT2D eigenvalue weighted by atomic mass is 10.1. The van der Waals surface area contributed by atoms with Crippen LogP contribution in [0.1, 0.15) is 26.2 Å². The van der Waals surface area contributed by atoms with Crippen LogP contribution in [0.15, 0.2) is 60.9 Å². The minimum atomic E-state index is 0.142. The van der Waals surface area contributed by atoms with Crippen LogP contribution >= 0.6 is 15.9 Å². The number of aromatic nitrogens is 4. The molecule has 5 rings (SSSR count). The van der Waals surface area contributed by atoms with E-state index in [1.54, 1.807) is 0 Å². The second kappa shape index (κ2) is 11.8. The van der Waals surface area contributed by atoms with E-state index in [1.807, 2.05) is 66.4 Å². The Morgan fingerprint density at radius 1 is 1.06 bits per heavy atom. The second-order valence-electron chi connectivity index (χ2n) is 8.44. The number of halogens is 1. The zero-order valence-electron chi connectivity index (χ0n) is 19.7. The molecule has 1 atom stereocenters. The molecule has 9 heteroatoms. The predicted octanol–water partition coefficient (Wildman–Crippen LogP) is 5.42. The lowest BCUT2D eigenvalue weighted by Gasteiger charge is -2.28. The number of benzene rings is 2. The molecule has 3 heterocycles. The Balaban J connectivity index is 0.000000204. The molecule has 1 aliphatic heterocycles. The van der Waals surface area contributed by atoms with Crippen LogP contribution in [0.2, 0.25) is 0 Å². The molecule has 0 aliphatic carbocycles. The molecule has 1 amide bonds. The number of carbonyl (C=O) groups excluding carboxylic acids is 1. The summed E-state index contributed by atoms with van der Waals surface area (Å²) in [5.41, 5.74) is 8.22. The molecule has 35 heavy (non-hydrogen) atoms. The topological polar surface area (TPSA) is 110 Å². The van der Waals surface area contributed by atoms with Gasteiger partial charge in [-0.2, -0.15) is 5.10 Å². The molecule has 0 bridgehead atoms. The smallest absolute Gasteiger partial charge is 0.226 e. The van der Waals surface area contributed by atoms with Gasteiger partial charge in [-0.25, -0.2) is 9.97 Å². The highest BCUT2D eigenvalue weighted by atomic mass is 79.9. The third-order valence-corrected chi connectivity index (χ3v) is 6.79. The SMILES string of the molecule is CC(CBr)C(=O)N1CCCCC1.Nc1ncnc2n[nH]c(-c3ccc(Oc4ccccc4)cc3)c12. The number of hydrogen-bond acceptors (Lipinski definition) is 6. The summed E-state index contributed by atoms with van der Waals surface area (Å²) in [6, 6.07) is 17.3. The number of amides is 1. The highest BCUT2D eigenvalue weighted by Gasteiger charge is 2.20. The Morgan fingerprint density at radius 3 is 2.43 bits per heavy atom. The van der Waals surface area contributed by atoms with Crippen molar-refractivity contribution in [2.24, 2.45) is 5.92 Å². The average Bonchev–Trinajstić information content (AvgIpc) is 3.35. The highest BCUT2D eigenvalue weighted by molar-refractivity contribution is 9.09. The van der Waals surface area contributed by atoms with Gasteiger partial charge >= 0.3 is 0 Å². The molecule has 2 aromatic carbocycles. The molecular formula is C26H29BrN6O2. The number of alkyl halides is 1. The van der Waals surface area contributed by atoms with Crippen LogP contribution in [0, 0.1) is 5.92 Å². The summed E-state index contributed by atoms with van der Waals surface area (Å²) < 4.78 is 5.79. The molecule has 3 N–H and O–H groups in total. The Bertz CT molecular complexity index is 1240. The van der Waals surface area contributed by atoms with Gasteiger partial charge in [-0.1, -0.05) is 41.1 Å². The number of likely N-dealkylation sites (tertiary alicyclic amines) is 1. The van der Waals surface area contributed by atoms with Gasteiger partial charge < -0.3 is 15.4 Å². The van der Waals surface area contributed by atoms with Gasteiger partial charge in [0.2, 0.25) is 5.91 Å². The van der Waals surface area contributed by atoms with Gasteiger partial charge in [0.1, 0.15) is 23.6 Å². The van der Waals surface area contributed by atoms with Crippen molar-refractivity contribution in [2.45, 2.75) is 26.2 Å². The first-order valence-corrected chi connectivity index (χ1v) is 12.8. The highest BCUT2D eigenvalue weighted by Crippen LogP contribution is 2.30. The van der Waals surface area contributed by atoms with Gasteiger partial charge in [-0.05, 0) is 55.7 Å². The zero-order chi connectivity index (χ0) is 24.6. The van der Waals surface area contributed by atoms with Crippen molar-refractivity contribution in [3.05, 3.63) is 60.9 Å². The fourth-order valence-corrected chi connectivity index (χ4v) is 4.17. The number of hydrogen-bond donors (Lipinski definition) is 2. The van der Waals surface area contributed by atoms with Gasteiger partial charge in [0.05, 0.1) is 11.1 Å². The largest absolute Gasteiger partial charge is 0.457 e. The lowest BCUT2D eigenvalue weighted by molar-refractivity contribution is -0.135. The maximum absolute atomic E-state index is 11.6. The minimum Gasteiger partial charge on any atom is -0.457 e. The number of nitrogens with two attached hydrogens (primary N) is 1. The molecule has 1 fully saturated rings. The number of rotatable bonds is 5. The van der Waals surface area contributed by atoms with E-state index in [0.29, 0.717) is 17.4 Å². The van der Waals surface area contributed by atoms with E-state index >= 15 is 0 Å². The van der Waals surface area contributed by atoms with Gasteiger partial charge in [-0.3, -0.25) is 9.89 Å². The van der Waals surface area contributed by atoms with Crippen LogP contribution < -0.4 is 10.5 Å². The summed E-state index contributed by atoms with van der Waals surface area (Å²) in [7, 11) is 0. The summed E-state index contributed by atoms with van der Waals surface area (Å²) >= 11 is 3.33. The van der Waals surface area contributed by atoms with Gasteiger partial charge in [0, 0.05) is 29.9 Å². The summed E-state index contributed by atoms with van der Waals surface area (Å²) in [6.07, 6.45) is 5.05. The van der Waals surface area contributed by atoms with Crippen molar-refractivity contribution in [2.75, 3.05) is 24.2 Å². The number of H-pyrrole nitrogens is 1. The van der Waals surface area contributed by atoms with E-state index in [2.05, 4.69) is 36.1 Å². The number of piperidine rings is 1. The fourth-order valence-electron chi connectivity index (χ4n) is 3.89. The van der Waals surface area contributed by atoms with E-state index in [1.165, 1.54) is 25.6 Å². The summed E-state index contributed by atoms with van der Waals surface area (Å²) in [4.78, 5) is 21.7. The van der Waals surface area contributed by atoms with Crippen molar-refractivity contribution in [3.63, 3.8) is 0 Å². The summed E-state index contributed by atoms with van der Waals surface area (Å²) in [6.45, 7) is 3.91. The van der Waals surface area contributed by atoms with Crippen LogP contribution in [0.5, 0.6) is 11.5 Å². The van der Waals surface area contributed by atoms with Crippen LogP contribution in [-0.2, 0) is 4.79 Å². The van der Waals surface area contributed by atoms with E-state index in [9.17, 15) is 4.79 Å². The molecule has 0 saturated carbocycles. The molecule has 182 valence electrons. The molecule has 0 radical (unpaired) electrons. The second-order valence-corrected chi connectivity index (χ2v) is 9.08. The quantitative estimate of drug-likeness (QED) is 0.329. The predicted molar refractivity (Wildman–Crippen MR) is 141 cm³/mol. The van der Waals surface area contributed by atoms with Crippen molar-refractivity contribution in [1.29, 1.82) is 0 Å². The van der Waals surface area contributed by atoms with E-state index in [-0.39, 0.29) is 5.92 Å². The molecule has 1 saturated heterocycles. The molecule has 2 aromatic heterocycles. The summed E-state index contributed by atoms with van der Waals surface area (Å²) in [5, 5.41) is 8.63. The van der Waals surface area contributed by atoms with Crippen LogP contribution in [0.25, 0.3) is 22.3 Å². The number of nitrogens with zero attached hydrogens (tertiary/aromatic N) is 4. The van der Waals surface area contributed by atoms with E-state index in [4.69, 9.17) is 10.5 Å². The molecule has 1 aliphatic rings. The minimum absolute atomic E-state index is 0.142. The number of fused-ring (bicyclic) bond motifs is 1. The number of nitrogens with one attached hydrogen (secondary N) is 1.